The molecule has 4 nitrogen and oxygen atoms in total. The Balaban J connectivity index is 3.70. The van der Waals surface area contributed by atoms with Crippen LogP contribution in [-0.4, -0.2) is 22.2 Å². The average Bonchev–Trinajstić information content (AvgIpc) is 2.20. The Labute approximate surface area is 93.9 Å². The molecule has 0 saturated carbocycles. The first-order chi connectivity index (χ1) is 7.63. The molecular weight excluding hydrogens is 208 g/mol. The van der Waals surface area contributed by atoms with Crippen molar-refractivity contribution >= 4 is 11.9 Å². The zero-order chi connectivity index (χ0) is 12.2. The molecule has 0 bridgehead atoms. The first kappa shape index (κ1) is 13.9. The van der Waals surface area contributed by atoms with E-state index in [-0.39, 0.29) is 12.8 Å². The van der Waals surface area contributed by atoms with E-state index in [0.29, 0.717) is 0 Å². The minimum absolute atomic E-state index is 0.00652. The zero-order valence-corrected chi connectivity index (χ0v) is 8.74. The number of hydrogen-bond donors (Lipinski definition) is 2. The molecule has 0 amide bonds. The third kappa shape index (κ3) is 11.9. The summed E-state index contributed by atoms with van der Waals surface area (Å²) in [7, 11) is 0. The van der Waals surface area contributed by atoms with Crippen molar-refractivity contribution in [2.75, 3.05) is 0 Å². The van der Waals surface area contributed by atoms with Crippen LogP contribution in [0.1, 0.15) is 12.8 Å². The molecule has 16 heavy (non-hydrogen) atoms. The third-order valence-electron chi connectivity index (χ3n) is 1.41. The van der Waals surface area contributed by atoms with Gasteiger partial charge < -0.3 is 10.2 Å². The van der Waals surface area contributed by atoms with Gasteiger partial charge in [-0.05, 0) is 0 Å². The first-order valence-electron chi connectivity index (χ1n) is 4.71. The summed E-state index contributed by atoms with van der Waals surface area (Å²) in [6, 6.07) is 0. The molecule has 0 heterocycles. The summed E-state index contributed by atoms with van der Waals surface area (Å²) in [5, 5.41) is 16.6. The largest absolute Gasteiger partial charge is 0.481 e. The van der Waals surface area contributed by atoms with Crippen LogP contribution in [0.25, 0.3) is 0 Å². The normalized spacial score (nSPS) is 12.2. The van der Waals surface area contributed by atoms with E-state index in [9.17, 15) is 9.59 Å². The van der Waals surface area contributed by atoms with Crippen molar-refractivity contribution in [1.29, 1.82) is 0 Å². The molecule has 0 spiro atoms. The molecule has 0 rings (SSSR count). The highest BCUT2D eigenvalue weighted by Gasteiger charge is 1.87. The van der Waals surface area contributed by atoms with Crippen LogP contribution in [-0.2, 0) is 9.59 Å². The Bertz CT molecular complexity index is 301. The fraction of sp³-hybridized carbons (Fsp3) is 0.167. The van der Waals surface area contributed by atoms with Crippen molar-refractivity contribution in [3.8, 4) is 0 Å². The molecule has 0 aliphatic heterocycles. The number of carbonyl (C=O) groups is 2. The van der Waals surface area contributed by atoms with Gasteiger partial charge in [0.1, 0.15) is 0 Å². The SMILES string of the molecule is O=C(O)C/C=C/C=C/C=C/C=C/CC(=O)O. The average molecular weight is 222 g/mol. The van der Waals surface area contributed by atoms with Crippen molar-refractivity contribution in [2.24, 2.45) is 0 Å². The topological polar surface area (TPSA) is 74.6 Å². The Morgan fingerprint density at radius 2 is 1.00 bits per heavy atom. The smallest absolute Gasteiger partial charge is 0.307 e. The summed E-state index contributed by atoms with van der Waals surface area (Å²) in [6.07, 6.45) is 13.2. The van der Waals surface area contributed by atoms with Gasteiger partial charge in [0.05, 0.1) is 12.8 Å². The number of aliphatic carboxylic acids is 2. The monoisotopic (exact) mass is 222 g/mol. The molecule has 2 N–H and O–H groups in total. The summed E-state index contributed by atoms with van der Waals surface area (Å²) in [4.78, 5) is 20.2. The maximum Gasteiger partial charge on any atom is 0.307 e. The van der Waals surface area contributed by atoms with Gasteiger partial charge in [0, 0.05) is 0 Å². The van der Waals surface area contributed by atoms with Gasteiger partial charge in [-0.1, -0.05) is 48.6 Å². The van der Waals surface area contributed by atoms with Crippen LogP contribution in [0.2, 0.25) is 0 Å². The summed E-state index contributed by atoms with van der Waals surface area (Å²) in [6.45, 7) is 0. The second kappa shape index (κ2) is 9.45. The van der Waals surface area contributed by atoms with Crippen LogP contribution in [0.4, 0.5) is 0 Å². The van der Waals surface area contributed by atoms with Crippen LogP contribution in [0.5, 0.6) is 0 Å². The Hall–Kier alpha value is -2.10. The van der Waals surface area contributed by atoms with Gasteiger partial charge in [0.2, 0.25) is 0 Å². The van der Waals surface area contributed by atoms with E-state index in [4.69, 9.17) is 10.2 Å². The number of hydrogen-bond acceptors (Lipinski definition) is 2. The predicted octanol–water partition coefficient (Wildman–Crippen LogP) is 2.16. The number of rotatable bonds is 7. The highest BCUT2D eigenvalue weighted by molar-refractivity contribution is 5.68. The minimum Gasteiger partial charge on any atom is -0.481 e. The molecule has 0 radical (unpaired) electrons. The van der Waals surface area contributed by atoms with Gasteiger partial charge in [-0.3, -0.25) is 9.59 Å². The van der Waals surface area contributed by atoms with Gasteiger partial charge in [-0.2, -0.15) is 0 Å². The Kier molecular flexibility index (Phi) is 8.21. The number of carboxylic acids is 2. The van der Waals surface area contributed by atoms with Crippen LogP contribution in [0.3, 0.4) is 0 Å². The van der Waals surface area contributed by atoms with E-state index in [1.165, 1.54) is 12.2 Å². The van der Waals surface area contributed by atoms with E-state index < -0.39 is 11.9 Å². The molecule has 86 valence electrons. The molecule has 0 fully saturated rings. The van der Waals surface area contributed by atoms with Gasteiger partial charge in [0.15, 0.2) is 0 Å². The number of allylic oxidation sites excluding steroid dienone is 6. The lowest BCUT2D eigenvalue weighted by Crippen LogP contribution is -1.89. The van der Waals surface area contributed by atoms with Crippen LogP contribution >= 0.6 is 0 Å². The van der Waals surface area contributed by atoms with E-state index in [1.807, 2.05) is 0 Å². The maximum absolute atomic E-state index is 10.1. The molecule has 0 aromatic carbocycles. The minimum atomic E-state index is -0.864. The summed E-state index contributed by atoms with van der Waals surface area (Å²) < 4.78 is 0. The summed E-state index contributed by atoms with van der Waals surface area (Å²) in [5.74, 6) is -1.73. The van der Waals surface area contributed by atoms with Crippen molar-refractivity contribution in [1.82, 2.24) is 0 Å². The summed E-state index contributed by atoms with van der Waals surface area (Å²) in [5.41, 5.74) is 0. The van der Waals surface area contributed by atoms with Crippen molar-refractivity contribution < 1.29 is 19.8 Å². The fourth-order valence-electron chi connectivity index (χ4n) is 0.751. The highest BCUT2D eigenvalue weighted by Crippen LogP contribution is 1.87. The number of carboxylic acid groups (broad SMARTS) is 2. The van der Waals surface area contributed by atoms with Gasteiger partial charge >= 0.3 is 11.9 Å². The lowest BCUT2D eigenvalue weighted by molar-refractivity contribution is -0.137. The van der Waals surface area contributed by atoms with Crippen molar-refractivity contribution in [2.45, 2.75) is 12.8 Å². The van der Waals surface area contributed by atoms with Crippen molar-refractivity contribution in [3.63, 3.8) is 0 Å². The molecule has 0 aliphatic carbocycles. The van der Waals surface area contributed by atoms with E-state index in [2.05, 4.69) is 0 Å². The second-order valence-corrected chi connectivity index (χ2v) is 2.82. The van der Waals surface area contributed by atoms with Crippen LogP contribution in [0, 0.1) is 0 Å². The highest BCUT2D eigenvalue weighted by atomic mass is 16.4. The molecule has 4 heteroatoms. The first-order valence-corrected chi connectivity index (χ1v) is 4.71. The second-order valence-electron chi connectivity index (χ2n) is 2.82. The maximum atomic E-state index is 10.1. The lowest BCUT2D eigenvalue weighted by atomic mass is 10.3. The fourth-order valence-corrected chi connectivity index (χ4v) is 0.751. The summed E-state index contributed by atoms with van der Waals surface area (Å²) >= 11 is 0. The van der Waals surface area contributed by atoms with Gasteiger partial charge in [-0.15, -0.1) is 0 Å². The van der Waals surface area contributed by atoms with Crippen molar-refractivity contribution in [3.05, 3.63) is 48.6 Å². The molecule has 0 aliphatic rings. The van der Waals surface area contributed by atoms with E-state index in [1.54, 1.807) is 36.5 Å². The Morgan fingerprint density at radius 1 is 0.688 bits per heavy atom. The third-order valence-corrected chi connectivity index (χ3v) is 1.41. The van der Waals surface area contributed by atoms with Crippen LogP contribution in [0.15, 0.2) is 48.6 Å². The lowest BCUT2D eigenvalue weighted by Gasteiger charge is -1.80. The quantitative estimate of drug-likeness (QED) is 0.647. The molecular formula is C12H14O4. The standard InChI is InChI=1S/C12H14O4/c13-11(14)9-7-5-3-1-2-4-6-8-10-12(15)16/h1-8H,9-10H2,(H,13,14)(H,15,16)/b3-1+,4-2+,7-5+,8-6+. The molecule has 0 atom stereocenters. The van der Waals surface area contributed by atoms with E-state index >= 15 is 0 Å². The molecule has 0 aromatic rings. The van der Waals surface area contributed by atoms with Crippen LogP contribution < -0.4 is 0 Å². The van der Waals surface area contributed by atoms with Gasteiger partial charge in [0.25, 0.3) is 0 Å². The van der Waals surface area contributed by atoms with E-state index in [0.717, 1.165) is 0 Å². The molecule has 0 unspecified atom stereocenters. The molecule has 0 saturated heterocycles. The zero-order valence-electron chi connectivity index (χ0n) is 8.74. The molecule has 0 aromatic heterocycles. The predicted molar refractivity (Wildman–Crippen MR) is 61.1 cm³/mol. The van der Waals surface area contributed by atoms with Gasteiger partial charge in [-0.25, -0.2) is 0 Å². The Morgan fingerprint density at radius 3 is 1.31 bits per heavy atom.